The van der Waals surface area contributed by atoms with Gasteiger partial charge in [0.1, 0.15) is 10.9 Å². The van der Waals surface area contributed by atoms with Gasteiger partial charge in [-0.15, -0.1) is 0 Å². The highest BCUT2D eigenvalue weighted by Gasteiger charge is 2.29. The van der Waals surface area contributed by atoms with E-state index in [1.165, 1.54) is 18.0 Å². The smallest absolute Gasteiger partial charge is 0.323 e. The Kier molecular flexibility index (Phi) is 5.73. The molecule has 0 aromatic carbocycles. The molecule has 0 saturated heterocycles. The minimum Gasteiger partial charge on any atom is -0.468 e. The molecule has 1 aromatic heterocycles. The van der Waals surface area contributed by atoms with Gasteiger partial charge in [0.15, 0.2) is 5.82 Å². The maximum atomic E-state index is 12.3. The highest BCUT2D eigenvalue weighted by Crippen LogP contribution is 2.18. The summed E-state index contributed by atoms with van der Waals surface area (Å²) < 4.78 is 33.1. The zero-order chi connectivity index (χ0) is 16.2. The van der Waals surface area contributed by atoms with E-state index >= 15 is 0 Å². The summed E-state index contributed by atoms with van der Waals surface area (Å²) in [4.78, 5) is 11.6. The number of anilines is 1. The molecule has 0 saturated carbocycles. The molecule has 3 N–H and O–H groups in total. The maximum Gasteiger partial charge on any atom is 0.323 e. The molecule has 0 spiro atoms. The van der Waals surface area contributed by atoms with Crippen LogP contribution in [0.2, 0.25) is 0 Å². The van der Waals surface area contributed by atoms with Crippen molar-refractivity contribution in [3.63, 3.8) is 0 Å². The molecule has 0 fully saturated rings. The number of nitrogen functional groups attached to an aromatic ring is 1. The predicted molar refractivity (Wildman–Crippen MR) is 77.9 cm³/mol. The lowest BCUT2D eigenvalue weighted by Crippen LogP contribution is -2.42. The Labute approximate surface area is 124 Å². The average Bonchev–Trinajstić information content (AvgIpc) is 2.78. The fraction of sp³-hybridized carbons (Fsp3) is 0.667. The third-order valence-electron chi connectivity index (χ3n) is 2.86. The number of ether oxygens (including phenoxy) is 1. The largest absolute Gasteiger partial charge is 0.468 e. The number of esters is 1. The molecule has 1 unspecified atom stereocenters. The van der Waals surface area contributed by atoms with Crippen molar-refractivity contribution < 1.29 is 17.9 Å². The lowest BCUT2D eigenvalue weighted by atomic mass is 10.1. The van der Waals surface area contributed by atoms with Gasteiger partial charge in [-0.05, 0) is 19.3 Å². The number of rotatable bonds is 7. The summed E-state index contributed by atoms with van der Waals surface area (Å²) in [6.07, 6.45) is 1.66. The summed E-state index contributed by atoms with van der Waals surface area (Å²) in [5, 5.41) is 3.89. The normalized spacial score (nSPS) is 13.4. The number of hydrogen-bond donors (Lipinski definition) is 2. The Balaban J connectivity index is 3.05. The summed E-state index contributed by atoms with van der Waals surface area (Å²) in [6.45, 7) is 6.07. The van der Waals surface area contributed by atoms with Crippen molar-refractivity contribution in [1.29, 1.82) is 0 Å². The molecule has 120 valence electrons. The first-order valence-corrected chi connectivity index (χ1v) is 8.12. The number of sulfonamides is 1. The maximum absolute atomic E-state index is 12.3. The van der Waals surface area contributed by atoms with Crippen molar-refractivity contribution in [2.24, 2.45) is 5.92 Å². The van der Waals surface area contributed by atoms with Crippen LogP contribution in [0.3, 0.4) is 0 Å². The molecule has 1 rings (SSSR count). The van der Waals surface area contributed by atoms with Gasteiger partial charge in [-0.1, -0.05) is 13.8 Å². The molecule has 0 radical (unpaired) electrons. The zero-order valence-corrected chi connectivity index (χ0v) is 13.5. The highest BCUT2D eigenvalue weighted by atomic mass is 32.2. The van der Waals surface area contributed by atoms with Crippen LogP contribution in [-0.4, -0.2) is 37.3 Å². The van der Waals surface area contributed by atoms with E-state index < -0.39 is 22.0 Å². The van der Waals surface area contributed by atoms with Gasteiger partial charge in [-0.25, -0.2) is 8.42 Å². The van der Waals surface area contributed by atoms with Gasteiger partial charge < -0.3 is 10.5 Å². The molecule has 0 aliphatic heterocycles. The molecule has 9 heteroatoms. The van der Waals surface area contributed by atoms with Crippen molar-refractivity contribution in [1.82, 2.24) is 14.5 Å². The second-order valence-electron chi connectivity index (χ2n) is 5.06. The van der Waals surface area contributed by atoms with Gasteiger partial charge in [0.2, 0.25) is 10.0 Å². The number of aryl methyl sites for hydroxylation is 1. The molecule has 0 aliphatic rings. The summed E-state index contributed by atoms with van der Waals surface area (Å²) in [7, 11) is -2.72. The van der Waals surface area contributed by atoms with Gasteiger partial charge >= 0.3 is 5.97 Å². The lowest BCUT2D eigenvalue weighted by Gasteiger charge is -2.17. The molecule has 0 bridgehead atoms. The molecule has 8 nitrogen and oxygen atoms in total. The van der Waals surface area contributed by atoms with Crippen LogP contribution in [-0.2, 0) is 26.1 Å². The minimum absolute atomic E-state index is 0.0995. The van der Waals surface area contributed by atoms with E-state index in [2.05, 4.69) is 14.6 Å². The molecule has 0 amide bonds. The van der Waals surface area contributed by atoms with Gasteiger partial charge in [0.05, 0.1) is 7.11 Å². The van der Waals surface area contributed by atoms with Gasteiger partial charge in [-0.3, -0.25) is 9.48 Å². The molecular formula is C12H22N4O4S. The Morgan fingerprint density at radius 1 is 1.52 bits per heavy atom. The second kappa shape index (κ2) is 6.90. The van der Waals surface area contributed by atoms with Crippen molar-refractivity contribution in [2.45, 2.75) is 44.7 Å². The average molecular weight is 318 g/mol. The standard InChI is InChI=1S/C12H22N4O4S/c1-5-16-7-10(11(13)14-16)21(18,19)15-9(6-8(2)3)12(17)20-4/h7-9,15H,5-6H2,1-4H3,(H2,13,14). The summed E-state index contributed by atoms with van der Waals surface area (Å²) >= 11 is 0. The van der Waals surface area contributed by atoms with Crippen LogP contribution in [0.25, 0.3) is 0 Å². The number of aromatic nitrogens is 2. The number of nitrogens with zero attached hydrogens (tertiary/aromatic N) is 2. The Bertz CT molecular complexity index is 594. The molecule has 0 aliphatic carbocycles. The van der Waals surface area contributed by atoms with Crippen LogP contribution in [0.15, 0.2) is 11.1 Å². The van der Waals surface area contributed by atoms with E-state index in [1.54, 1.807) is 0 Å². The van der Waals surface area contributed by atoms with Crippen molar-refractivity contribution in [2.75, 3.05) is 12.8 Å². The SMILES string of the molecule is CCn1cc(S(=O)(=O)NC(CC(C)C)C(=O)OC)c(N)n1. The van der Waals surface area contributed by atoms with E-state index in [-0.39, 0.29) is 16.6 Å². The molecule has 1 aromatic rings. The summed E-state index contributed by atoms with van der Waals surface area (Å²) in [6, 6.07) is -0.954. The minimum atomic E-state index is -3.94. The summed E-state index contributed by atoms with van der Waals surface area (Å²) in [5.41, 5.74) is 5.62. The van der Waals surface area contributed by atoms with Crippen LogP contribution < -0.4 is 10.5 Å². The Morgan fingerprint density at radius 2 is 2.14 bits per heavy atom. The zero-order valence-electron chi connectivity index (χ0n) is 12.7. The van der Waals surface area contributed by atoms with Gasteiger partial charge in [0.25, 0.3) is 0 Å². The second-order valence-corrected chi connectivity index (χ2v) is 6.74. The quantitative estimate of drug-likeness (QED) is 0.701. The summed E-state index contributed by atoms with van der Waals surface area (Å²) in [5.74, 6) is -0.612. The molecular weight excluding hydrogens is 296 g/mol. The lowest BCUT2D eigenvalue weighted by molar-refractivity contribution is -0.143. The van der Waals surface area contributed by atoms with Crippen molar-refractivity contribution in [3.8, 4) is 0 Å². The number of hydrogen-bond acceptors (Lipinski definition) is 6. The molecule has 21 heavy (non-hydrogen) atoms. The first-order chi connectivity index (χ1) is 9.71. The Morgan fingerprint density at radius 3 is 2.57 bits per heavy atom. The van der Waals surface area contributed by atoms with E-state index in [0.29, 0.717) is 13.0 Å². The van der Waals surface area contributed by atoms with Crippen LogP contribution in [0.5, 0.6) is 0 Å². The van der Waals surface area contributed by atoms with E-state index in [4.69, 9.17) is 5.73 Å². The fourth-order valence-electron chi connectivity index (χ4n) is 1.84. The van der Waals surface area contributed by atoms with E-state index in [9.17, 15) is 13.2 Å². The fourth-order valence-corrected chi connectivity index (χ4v) is 3.11. The third kappa shape index (κ3) is 4.43. The first kappa shape index (κ1) is 17.4. The van der Waals surface area contributed by atoms with Gasteiger partial charge in [-0.2, -0.15) is 9.82 Å². The van der Waals surface area contributed by atoms with E-state index in [1.807, 2.05) is 20.8 Å². The van der Waals surface area contributed by atoms with Crippen molar-refractivity contribution >= 4 is 21.8 Å². The number of carbonyl (C=O) groups excluding carboxylic acids is 1. The van der Waals surface area contributed by atoms with Crippen LogP contribution in [0, 0.1) is 5.92 Å². The number of nitrogens with two attached hydrogens (primary N) is 1. The van der Waals surface area contributed by atoms with E-state index in [0.717, 1.165) is 0 Å². The Hall–Kier alpha value is -1.61. The number of carbonyl (C=O) groups is 1. The topological polar surface area (TPSA) is 116 Å². The number of methoxy groups -OCH3 is 1. The van der Waals surface area contributed by atoms with Crippen LogP contribution >= 0.6 is 0 Å². The van der Waals surface area contributed by atoms with Crippen LogP contribution in [0.4, 0.5) is 5.82 Å². The van der Waals surface area contributed by atoms with Crippen LogP contribution in [0.1, 0.15) is 27.2 Å². The highest BCUT2D eigenvalue weighted by molar-refractivity contribution is 7.89. The monoisotopic (exact) mass is 318 g/mol. The molecule has 1 heterocycles. The number of nitrogens with one attached hydrogen (secondary N) is 1. The molecule has 1 atom stereocenters. The first-order valence-electron chi connectivity index (χ1n) is 6.64. The van der Waals surface area contributed by atoms with Crippen molar-refractivity contribution in [3.05, 3.63) is 6.20 Å². The predicted octanol–water partition coefficient (Wildman–Crippen LogP) is 0.351. The van der Waals surface area contributed by atoms with Gasteiger partial charge in [0, 0.05) is 12.7 Å². The third-order valence-corrected chi connectivity index (χ3v) is 4.35.